The first-order chi connectivity index (χ1) is 9.66. The van der Waals surface area contributed by atoms with Crippen molar-refractivity contribution in [3.63, 3.8) is 0 Å². The molecule has 0 fully saturated rings. The Labute approximate surface area is 126 Å². The Morgan fingerprint density at radius 1 is 1.50 bits per heavy atom. The van der Waals surface area contributed by atoms with E-state index in [-0.39, 0.29) is 12.6 Å². The molecule has 0 amide bonds. The van der Waals surface area contributed by atoms with Gasteiger partial charge >= 0.3 is 5.97 Å². The maximum Gasteiger partial charge on any atom is 0.339 e. The lowest BCUT2D eigenvalue weighted by Crippen LogP contribution is -2.11. The molecule has 0 atom stereocenters. The Kier molecular flexibility index (Phi) is 3.81. The molecule has 0 saturated heterocycles. The molecule has 0 N–H and O–H groups in total. The van der Waals surface area contributed by atoms with Crippen molar-refractivity contribution in [3.05, 3.63) is 38.6 Å². The molecular weight excluding hydrogens is 296 g/mol. The summed E-state index contributed by atoms with van der Waals surface area (Å²) in [6.45, 7) is 0.146. The molecule has 0 aromatic carbocycles. The van der Waals surface area contributed by atoms with Crippen LogP contribution >= 0.6 is 22.9 Å². The van der Waals surface area contributed by atoms with Crippen LogP contribution in [0.15, 0.2) is 11.6 Å². The number of hydrogen-bond donors (Lipinski definition) is 0. The highest BCUT2D eigenvalue weighted by molar-refractivity contribution is 7.10. The molecule has 20 heavy (non-hydrogen) atoms. The predicted octanol–water partition coefficient (Wildman–Crippen LogP) is 3.37. The van der Waals surface area contributed by atoms with Gasteiger partial charge < -0.3 is 9.30 Å². The van der Waals surface area contributed by atoms with E-state index in [1.807, 2.05) is 5.38 Å². The Hall–Kier alpha value is -1.33. The van der Waals surface area contributed by atoms with Gasteiger partial charge in [-0.15, -0.1) is 11.3 Å². The van der Waals surface area contributed by atoms with Crippen LogP contribution in [0.2, 0.25) is 5.15 Å². The fraction of sp³-hybridized carbons (Fsp3) is 0.429. The monoisotopic (exact) mass is 310 g/mol. The molecule has 4 nitrogen and oxygen atoms in total. The van der Waals surface area contributed by atoms with Gasteiger partial charge in [0.25, 0.3) is 0 Å². The number of ether oxygens (including phenoxy) is 1. The van der Waals surface area contributed by atoms with E-state index >= 15 is 0 Å². The summed E-state index contributed by atoms with van der Waals surface area (Å²) in [5.74, 6) is 0.385. The summed E-state index contributed by atoms with van der Waals surface area (Å²) in [6.07, 6.45) is 5.99. The summed E-state index contributed by atoms with van der Waals surface area (Å²) in [5.41, 5.74) is 1.91. The number of halogens is 1. The molecule has 1 aliphatic carbocycles. The predicted molar refractivity (Wildman–Crippen MR) is 78.3 cm³/mol. The smallest absolute Gasteiger partial charge is 0.339 e. The fourth-order valence-electron chi connectivity index (χ4n) is 2.43. The van der Waals surface area contributed by atoms with E-state index in [2.05, 4.69) is 4.98 Å². The number of nitrogens with zero attached hydrogens (tertiary/aromatic N) is 2. The lowest BCUT2D eigenvalue weighted by Gasteiger charge is -2.12. The second-order valence-electron chi connectivity index (χ2n) is 4.89. The van der Waals surface area contributed by atoms with Gasteiger partial charge in [0.2, 0.25) is 0 Å². The molecule has 3 rings (SSSR count). The number of hydrogen-bond acceptors (Lipinski definition) is 4. The summed E-state index contributed by atoms with van der Waals surface area (Å²) >= 11 is 7.57. The minimum absolute atomic E-state index is 0.146. The van der Waals surface area contributed by atoms with Crippen molar-refractivity contribution in [2.75, 3.05) is 0 Å². The molecule has 0 bridgehead atoms. The van der Waals surface area contributed by atoms with Crippen molar-refractivity contribution in [2.24, 2.45) is 7.05 Å². The lowest BCUT2D eigenvalue weighted by molar-refractivity contribution is 0.0458. The summed E-state index contributed by atoms with van der Waals surface area (Å²) in [5, 5.41) is 2.45. The highest BCUT2D eigenvalue weighted by Gasteiger charge is 2.21. The highest BCUT2D eigenvalue weighted by Crippen LogP contribution is 2.30. The summed E-state index contributed by atoms with van der Waals surface area (Å²) in [4.78, 5) is 17.6. The topological polar surface area (TPSA) is 44.1 Å². The van der Waals surface area contributed by atoms with Crippen LogP contribution < -0.4 is 0 Å². The maximum absolute atomic E-state index is 12.2. The van der Waals surface area contributed by atoms with Crippen molar-refractivity contribution in [1.82, 2.24) is 9.55 Å². The first-order valence-corrected chi connectivity index (χ1v) is 7.85. The van der Waals surface area contributed by atoms with E-state index in [0.717, 1.165) is 24.8 Å². The van der Waals surface area contributed by atoms with Gasteiger partial charge in [-0.25, -0.2) is 9.78 Å². The van der Waals surface area contributed by atoms with E-state index in [4.69, 9.17) is 16.3 Å². The van der Waals surface area contributed by atoms with Gasteiger partial charge in [0.05, 0.1) is 11.8 Å². The molecule has 0 unspecified atom stereocenters. The standard InChI is InChI=1S/C14H15ClN2O2S/c1-17-12(15)6-16-13(17)7-19-14(18)10-8-20-11-5-3-2-4-9(10)11/h6,8H,2-5,7H2,1H3. The van der Waals surface area contributed by atoms with Crippen molar-refractivity contribution in [3.8, 4) is 0 Å². The zero-order valence-corrected chi connectivity index (χ0v) is 12.8. The van der Waals surface area contributed by atoms with Gasteiger partial charge in [-0.05, 0) is 31.2 Å². The molecule has 0 saturated carbocycles. The first kappa shape index (κ1) is 13.6. The molecule has 106 valence electrons. The number of rotatable bonds is 3. The molecule has 1 aliphatic rings. The summed E-state index contributed by atoms with van der Waals surface area (Å²) in [6, 6.07) is 0. The lowest BCUT2D eigenvalue weighted by atomic mass is 9.96. The Morgan fingerprint density at radius 3 is 3.05 bits per heavy atom. The minimum Gasteiger partial charge on any atom is -0.454 e. The van der Waals surface area contributed by atoms with E-state index < -0.39 is 0 Å². The third-order valence-corrected chi connectivity index (χ3v) is 5.08. The van der Waals surface area contributed by atoms with Crippen LogP contribution in [0.4, 0.5) is 0 Å². The molecule has 2 heterocycles. The first-order valence-electron chi connectivity index (χ1n) is 6.59. The van der Waals surface area contributed by atoms with Crippen LogP contribution in [0, 0.1) is 0 Å². The van der Waals surface area contributed by atoms with E-state index in [1.54, 1.807) is 29.1 Å². The Balaban J connectivity index is 1.71. The fourth-order valence-corrected chi connectivity index (χ4v) is 3.69. The number of aryl methyl sites for hydroxylation is 1. The van der Waals surface area contributed by atoms with Crippen LogP contribution in [-0.4, -0.2) is 15.5 Å². The number of carbonyl (C=O) groups is 1. The molecule has 2 aromatic heterocycles. The average Bonchev–Trinajstić information content (AvgIpc) is 3.02. The molecule has 0 aliphatic heterocycles. The third kappa shape index (κ3) is 2.47. The molecule has 2 aromatic rings. The third-order valence-electron chi connectivity index (χ3n) is 3.64. The number of thiophene rings is 1. The summed E-state index contributed by atoms with van der Waals surface area (Å²) in [7, 11) is 1.80. The van der Waals surface area contributed by atoms with E-state index in [0.29, 0.717) is 11.0 Å². The molecule has 0 spiro atoms. The van der Waals surface area contributed by atoms with Gasteiger partial charge in [0.1, 0.15) is 17.6 Å². The normalized spacial score (nSPS) is 14.1. The minimum atomic E-state index is -0.261. The summed E-state index contributed by atoms with van der Waals surface area (Å²) < 4.78 is 7.06. The number of esters is 1. The largest absolute Gasteiger partial charge is 0.454 e. The number of fused-ring (bicyclic) bond motifs is 1. The average molecular weight is 311 g/mol. The molecular formula is C14H15ClN2O2S. The van der Waals surface area contributed by atoms with E-state index in [1.165, 1.54) is 16.9 Å². The second-order valence-corrected chi connectivity index (χ2v) is 6.24. The van der Waals surface area contributed by atoms with Gasteiger partial charge in [-0.1, -0.05) is 11.6 Å². The Morgan fingerprint density at radius 2 is 2.30 bits per heavy atom. The van der Waals surface area contributed by atoms with Crippen molar-refractivity contribution in [2.45, 2.75) is 32.3 Å². The second kappa shape index (κ2) is 5.58. The Bertz CT molecular complexity index is 648. The van der Waals surface area contributed by atoms with Gasteiger partial charge in [-0.2, -0.15) is 0 Å². The van der Waals surface area contributed by atoms with Crippen LogP contribution in [0.5, 0.6) is 0 Å². The van der Waals surface area contributed by atoms with Crippen molar-refractivity contribution in [1.29, 1.82) is 0 Å². The van der Waals surface area contributed by atoms with Crippen LogP contribution in [-0.2, 0) is 31.2 Å². The van der Waals surface area contributed by atoms with Crippen LogP contribution in [0.3, 0.4) is 0 Å². The molecule has 6 heteroatoms. The van der Waals surface area contributed by atoms with Gasteiger partial charge in [0.15, 0.2) is 0 Å². The van der Waals surface area contributed by atoms with Crippen LogP contribution in [0.25, 0.3) is 0 Å². The van der Waals surface area contributed by atoms with Crippen molar-refractivity contribution >= 4 is 28.9 Å². The maximum atomic E-state index is 12.2. The molecule has 0 radical (unpaired) electrons. The number of aromatic nitrogens is 2. The quantitative estimate of drug-likeness (QED) is 0.816. The number of imidazole rings is 1. The SMILES string of the molecule is Cn1c(Cl)cnc1COC(=O)c1csc2c1CCCC2. The van der Waals surface area contributed by atoms with Crippen LogP contribution in [0.1, 0.15) is 39.5 Å². The van der Waals surface area contributed by atoms with E-state index in [9.17, 15) is 4.79 Å². The van der Waals surface area contributed by atoms with Gasteiger partial charge in [0, 0.05) is 17.3 Å². The highest BCUT2D eigenvalue weighted by atomic mass is 35.5. The van der Waals surface area contributed by atoms with Gasteiger partial charge in [-0.3, -0.25) is 0 Å². The van der Waals surface area contributed by atoms with Crippen molar-refractivity contribution < 1.29 is 9.53 Å². The zero-order chi connectivity index (χ0) is 14.1. The number of carbonyl (C=O) groups excluding carboxylic acids is 1. The zero-order valence-electron chi connectivity index (χ0n) is 11.2.